The smallest absolute Gasteiger partial charge is 0.352 e. The summed E-state index contributed by atoms with van der Waals surface area (Å²) in [6, 6.07) is 3.73. The number of carbonyl (C=O) groups excluding carboxylic acids is 2. The fraction of sp³-hybridized carbons (Fsp3) is 0.467. The lowest BCUT2D eigenvalue weighted by Crippen LogP contribution is -2.53. The number of hydrogen-bond donors (Lipinski definition) is 1. The Morgan fingerprint density at radius 2 is 1.91 bits per heavy atom. The molecule has 1 aromatic carbocycles. The molecule has 22 heavy (non-hydrogen) atoms. The zero-order chi connectivity index (χ0) is 15.9. The van der Waals surface area contributed by atoms with Crippen LogP contribution in [0.5, 0.6) is 0 Å². The first-order valence-corrected chi connectivity index (χ1v) is 7.14. The van der Waals surface area contributed by atoms with Gasteiger partial charge in [0, 0.05) is 19.0 Å². The van der Waals surface area contributed by atoms with Crippen molar-refractivity contribution in [3.8, 4) is 0 Å². The van der Waals surface area contributed by atoms with Crippen LogP contribution < -0.4 is 5.32 Å². The van der Waals surface area contributed by atoms with E-state index in [0.717, 1.165) is 18.9 Å². The van der Waals surface area contributed by atoms with Gasteiger partial charge in [0.25, 0.3) is 0 Å². The zero-order valence-corrected chi connectivity index (χ0v) is 11.7. The number of halogens is 3. The van der Waals surface area contributed by atoms with E-state index in [1.165, 1.54) is 23.1 Å². The number of alkyl halides is 3. The van der Waals surface area contributed by atoms with Gasteiger partial charge in [-0.15, -0.1) is 0 Å². The Morgan fingerprint density at radius 3 is 2.55 bits per heavy atom. The number of amides is 2. The molecule has 3 rings (SSSR count). The summed E-state index contributed by atoms with van der Waals surface area (Å²) in [5.74, 6) is -0.930. The van der Waals surface area contributed by atoms with Crippen molar-refractivity contribution in [2.45, 2.75) is 25.1 Å². The molecule has 1 atom stereocenters. The molecular weight excluding hydrogens is 297 g/mol. The lowest BCUT2D eigenvalue weighted by Gasteiger charge is -2.36. The molecule has 0 bridgehead atoms. The Balaban J connectivity index is 2.02. The summed E-state index contributed by atoms with van der Waals surface area (Å²) in [5.41, 5.74) is -1.04. The van der Waals surface area contributed by atoms with Gasteiger partial charge in [-0.05, 0) is 24.5 Å². The summed E-state index contributed by atoms with van der Waals surface area (Å²) in [7, 11) is 0. The molecule has 1 saturated carbocycles. The van der Waals surface area contributed by atoms with Crippen LogP contribution in [0.3, 0.4) is 0 Å². The summed E-state index contributed by atoms with van der Waals surface area (Å²) < 4.78 is 39.6. The van der Waals surface area contributed by atoms with Gasteiger partial charge in [0.1, 0.15) is 6.04 Å². The van der Waals surface area contributed by atoms with Gasteiger partial charge in [0.05, 0.1) is 5.56 Å². The van der Waals surface area contributed by atoms with Crippen molar-refractivity contribution in [3.05, 3.63) is 35.4 Å². The minimum Gasteiger partial charge on any atom is -0.352 e. The molecule has 0 unspecified atom stereocenters. The van der Waals surface area contributed by atoms with Crippen molar-refractivity contribution in [1.82, 2.24) is 10.2 Å². The molecule has 0 radical (unpaired) electrons. The van der Waals surface area contributed by atoms with Crippen molar-refractivity contribution in [1.29, 1.82) is 0 Å². The molecular formula is C15H15F3N2O2. The molecule has 1 saturated heterocycles. The predicted octanol–water partition coefficient (Wildman–Crippen LogP) is 2.11. The Hall–Kier alpha value is -2.05. The first-order valence-electron chi connectivity index (χ1n) is 7.14. The van der Waals surface area contributed by atoms with Crippen molar-refractivity contribution >= 4 is 11.8 Å². The Labute approximate surface area is 125 Å². The Morgan fingerprint density at radius 1 is 1.23 bits per heavy atom. The van der Waals surface area contributed by atoms with Gasteiger partial charge < -0.3 is 10.2 Å². The van der Waals surface area contributed by atoms with E-state index in [9.17, 15) is 22.8 Å². The second-order valence-corrected chi connectivity index (χ2v) is 5.58. The number of piperazine rings is 1. The van der Waals surface area contributed by atoms with Gasteiger partial charge in [-0.2, -0.15) is 13.2 Å². The molecule has 0 aromatic heterocycles. The maximum atomic E-state index is 13.2. The molecule has 2 fully saturated rings. The first-order chi connectivity index (χ1) is 10.4. The average Bonchev–Trinajstić information content (AvgIpc) is 3.30. The third kappa shape index (κ3) is 2.67. The highest BCUT2D eigenvalue weighted by atomic mass is 19.4. The molecule has 0 spiro atoms. The minimum absolute atomic E-state index is 0.147. The van der Waals surface area contributed by atoms with Gasteiger partial charge in [0.2, 0.25) is 11.8 Å². The average molecular weight is 312 g/mol. The standard InChI is InChI=1S/C15H15F3N2O2/c16-15(17,18)11-4-2-1-3-10(11)12-13(21)19-7-8-20(12)14(22)9-5-6-9/h1-4,9,12H,5-8H2,(H,19,21)/t12-/m1/s1. The number of nitrogens with one attached hydrogen (secondary N) is 1. The molecule has 1 N–H and O–H groups in total. The monoisotopic (exact) mass is 312 g/mol. The summed E-state index contributed by atoms with van der Waals surface area (Å²) in [4.78, 5) is 25.8. The van der Waals surface area contributed by atoms with Gasteiger partial charge in [-0.25, -0.2) is 0 Å². The molecule has 1 aliphatic heterocycles. The van der Waals surface area contributed by atoms with Gasteiger partial charge in [0.15, 0.2) is 0 Å². The van der Waals surface area contributed by atoms with E-state index in [2.05, 4.69) is 5.32 Å². The molecule has 4 nitrogen and oxygen atoms in total. The molecule has 118 valence electrons. The lowest BCUT2D eigenvalue weighted by atomic mass is 9.96. The number of carbonyl (C=O) groups is 2. The van der Waals surface area contributed by atoms with Crippen LogP contribution >= 0.6 is 0 Å². The molecule has 2 aliphatic rings. The molecule has 1 aliphatic carbocycles. The van der Waals surface area contributed by atoms with Crippen LogP contribution in [0.2, 0.25) is 0 Å². The second-order valence-electron chi connectivity index (χ2n) is 5.58. The van der Waals surface area contributed by atoms with E-state index in [4.69, 9.17) is 0 Å². The molecule has 1 heterocycles. The van der Waals surface area contributed by atoms with Crippen molar-refractivity contribution in [3.63, 3.8) is 0 Å². The highest BCUT2D eigenvalue weighted by Gasteiger charge is 2.44. The number of rotatable bonds is 2. The van der Waals surface area contributed by atoms with E-state index in [1.54, 1.807) is 0 Å². The fourth-order valence-corrected chi connectivity index (χ4v) is 2.77. The van der Waals surface area contributed by atoms with Gasteiger partial charge in [-0.1, -0.05) is 18.2 Å². The van der Waals surface area contributed by atoms with Crippen LogP contribution in [0.15, 0.2) is 24.3 Å². The number of benzene rings is 1. The van der Waals surface area contributed by atoms with E-state index >= 15 is 0 Å². The topological polar surface area (TPSA) is 49.4 Å². The van der Waals surface area contributed by atoms with Crippen LogP contribution in [0.1, 0.15) is 30.0 Å². The highest BCUT2D eigenvalue weighted by molar-refractivity contribution is 5.91. The van der Waals surface area contributed by atoms with Gasteiger partial charge in [-0.3, -0.25) is 9.59 Å². The lowest BCUT2D eigenvalue weighted by molar-refractivity contribution is -0.147. The molecule has 2 amide bonds. The van der Waals surface area contributed by atoms with Crippen LogP contribution in [0, 0.1) is 5.92 Å². The summed E-state index contributed by atoms with van der Waals surface area (Å²) in [6.45, 7) is 0.500. The molecule has 7 heteroatoms. The third-order valence-electron chi connectivity index (χ3n) is 3.98. The number of hydrogen-bond acceptors (Lipinski definition) is 2. The van der Waals surface area contributed by atoms with E-state index in [0.29, 0.717) is 0 Å². The summed E-state index contributed by atoms with van der Waals surface area (Å²) >= 11 is 0. The quantitative estimate of drug-likeness (QED) is 0.909. The summed E-state index contributed by atoms with van der Waals surface area (Å²) in [5, 5.41) is 2.55. The Kier molecular flexibility index (Phi) is 3.58. The second kappa shape index (κ2) is 5.30. The Bertz CT molecular complexity index is 611. The largest absolute Gasteiger partial charge is 0.416 e. The van der Waals surface area contributed by atoms with Gasteiger partial charge >= 0.3 is 6.18 Å². The zero-order valence-electron chi connectivity index (χ0n) is 11.7. The number of nitrogens with zero attached hydrogens (tertiary/aromatic N) is 1. The maximum Gasteiger partial charge on any atom is 0.416 e. The van der Waals surface area contributed by atoms with Crippen LogP contribution in [-0.2, 0) is 15.8 Å². The highest BCUT2D eigenvalue weighted by Crippen LogP contribution is 2.39. The van der Waals surface area contributed by atoms with Crippen LogP contribution in [0.25, 0.3) is 0 Å². The maximum absolute atomic E-state index is 13.2. The van der Waals surface area contributed by atoms with E-state index < -0.39 is 23.7 Å². The first kappa shape index (κ1) is 14.9. The van der Waals surface area contributed by atoms with Crippen molar-refractivity contribution in [2.75, 3.05) is 13.1 Å². The van der Waals surface area contributed by atoms with Crippen LogP contribution in [-0.4, -0.2) is 29.8 Å². The van der Waals surface area contributed by atoms with Crippen LogP contribution in [0.4, 0.5) is 13.2 Å². The summed E-state index contributed by atoms with van der Waals surface area (Å²) in [6.07, 6.45) is -3.09. The normalized spacial score (nSPS) is 22.4. The fourth-order valence-electron chi connectivity index (χ4n) is 2.77. The predicted molar refractivity (Wildman–Crippen MR) is 71.6 cm³/mol. The van der Waals surface area contributed by atoms with E-state index in [-0.39, 0.29) is 30.5 Å². The SMILES string of the molecule is O=C1NCCN(C(=O)C2CC2)[C@@H]1c1ccccc1C(F)(F)F. The van der Waals surface area contributed by atoms with Crippen molar-refractivity contribution in [2.24, 2.45) is 5.92 Å². The third-order valence-corrected chi connectivity index (χ3v) is 3.98. The van der Waals surface area contributed by atoms with Crippen molar-refractivity contribution < 1.29 is 22.8 Å². The molecule has 1 aromatic rings. The van der Waals surface area contributed by atoms with E-state index in [1.807, 2.05) is 0 Å². The minimum atomic E-state index is -4.57.